The Morgan fingerprint density at radius 2 is 2.06 bits per heavy atom. The molecule has 1 saturated heterocycles. The van der Waals surface area contributed by atoms with E-state index in [0.717, 1.165) is 56.0 Å². The minimum atomic E-state index is -0.181. The van der Waals surface area contributed by atoms with E-state index in [1.807, 2.05) is 14.1 Å². The van der Waals surface area contributed by atoms with Gasteiger partial charge in [-0.05, 0) is 56.8 Å². The Morgan fingerprint density at radius 1 is 1.22 bits per heavy atom. The number of hydrogen-bond acceptors (Lipinski definition) is 6. The fraction of sp³-hybridized carbons (Fsp3) is 0.667. The van der Waals surface area contributed by atoms with Gasteiger partial charge in [0.25, 0.3) is 0 Å². The fourth-order valence-electron chi connectivity index (χ4n) is 5.64. The molecule has 0 bridgehead atoms. The highest BCUT2D eigenvalue weighted by Gasteiger charge is 2.35. The fourth-order valence-corrected chi connectivity index (χ4v) is 5.64. The number of aromatic nitrogens is 4. The normalized spacial score (nSPS) is 24.1. The van der Waals surface area contributed by atoms with Gasteiger partial charge in [0, 0.05) is 43.9 Å². The summed E-state index contributed by atoms with van der Waals surface area (Å²) in [6.07, 6.45) is 8.51. The molecule has 2 aromatic rings. The number of aromatic amines is 1. The van der Waals surface area contributed by atoms with Gasteiger partial charge in [-0.25, -0.2) is 4.98 Å². The zero-order valence-corrected chi connectivity index (χ0v) is 19.7. The molecule has 2 aromatic heterocycles. The summed E-state index contributed by atoms with van der Waals surface area (Å²) in [5.74, 6) is 2.99. The predicted molar refractivity (Wildman–Crippen MR) is 125 cm³/mol. The third-order valence-corrected chi connectivity index (χ3v) is 7.41. The number of aryl methyl sites for hydroxylation is 1. The number of nitrogens with one attached hydrogen (secondary N) is 2. The van der Waals surface area contributed by atoms with Crippen molar-refractivity contribution in [3.05, 3.63) is 23.0 Å². The van der Waals surface area contributed by atoms with Crippen LogP contribution in [0.15, 0.2) is 6.07 Å². The van der Waals surface area contributed by atoms with Crippen molar-refractivity contribution in [3.63, 3.8) is 0 Å². The number of rotatable bonds is 5. The van der Waals surface area contributed by atoms with E-state index >= 15 is 0 Å². The monoisotopic (exact) mass is 437 g/mol. The highest BCUT2D eigenvalue weighted by molar-refractivity contribution is 5.85. The van der Waals surface area contributed by atoms with E-state index in [1.165, 1.54) is 30.5 Å². The van der Waals surface area contributed by atoms with E-state index in [4.69, 9.17) is 9.97 Å². The number of carbonyl (C=O) groups excluding carboxylic acids is 1. The molecule has 2 fully saturated rings. The van der Waals surface area contributed by atoms with Gasteiger partial charge in [0.2, 0.25) is 11.9 Å². The van der Waals surface area contributed by atoms with Crippen LogP contribution in [0.4, 0.5) is 17.6 Å². The molecule has 2 N–H and O–H groups in total. The molecule has 172 valence electrons. The summed E-state index contributed by atoms with van der Waals surface area (Å²) in [5.41, 5.74) is 3.91. The Hall–Kier alpha value is -2.64. The van der Waals surface area contributed by atoms with Crippen LogP contribution in [0.2, 0.25) is 0 Å². The standard InChI is InChI=1S/C24H35N7O/c1-24(2)11-10-15(14-24)18-13-20(29-28-18)26-21-16-7-5-8-17(16)25-23(27-21)31-12-6-9-19(31)22(32)30(3)4/h13,15,19H,5-12,14H2,1-4H3,(H2,25,26,27,28,29)/t15-,19-/m0/s1. The Balaban J connectivity index is 1.40. The first-order chi connectivity index (χ1) is 15.3. The van der Waals surface area contributed by atoms with Crippen molar-refractivity contribution >= 4 is 23.5 Å². The van der Waals surface area contributed by atoms with E-state index < -0.39 is 0 Å². The van der Waals surface area contributed by atoms with Crippen LogP contribution in [-0.2, 0) is 17.6 Å². The van der Waals surface area contributed by atoms with Crippen LogP contribution >= 0.6 is 0 Å². The molecule has 1 saturated carbocycles. The van der Waals surface area contributed by atoms with Crippen molar-refractivity contribution in [3.8, 4) is 0 Å². The molecule has 32 heavy (non-hydrogen) atoms. The summed E-state index contributed by atoms with van der Waals surface area (Å²) >= 11 is 0. The predicted octanol–water partition coefficient (Wildman–Crippen LogP) is 3.78. The molecule has 5 rings (SSSR count). The molecule has 0 spiro atoms. The smallest absolute Gasteiger partial charge is 0.244 e. The first-order valence-electron chi connectivity index (χ1n) is 12.0. The maximum absolute atomic E-state index is 12.7. The van der Waals surface area contributed by atoms with E-state index in [0.29, 0.717) is 17.3 Å². The average Bonchev–Trinajstić information content (AvgIpc) is 3.53. The lowest BCUT2D eigenvalue weighted by Crippen LogP contribution is -2.43. The van der Waals surface area contributed by atoms with Gasteiger partial charge in [-0.15, -0.1) is 0 Å². The average molecular weight is 438 g/mol. The minimum Gasteiger partial charge on any atom is -0.347 e. The zero-order chi connectivity index (χ0) is 22.5. The SMILES string of the molecule is CN(C)C(=O)[C@@H]1CCCN1c1nc2c(c(Nc3cc([C@H]4CCC(C)(C)C4)[nH]n3)n1)CCC2. The Labute approximate surface area is 190 Å². The van der Waals surface area contributed by atoms with Gasteiger partial charge in [0.1, 0.15) is 11.9 Å². The van der Waals surface area contributed by atoms with Gasteiger partial charge in [-0.2, -0.15) is 10.1 Å². The van der Waals surface area contributed by atoms with Crippen LogP contribution in [0.25, 0.3) is 0 Å². The molecule has 2 aliphatic carbocycles. The summed E-state index contributed by atoms with van der Waals surface area (Å²) in [4.78, 5) is 26.3. The van der Waals surface area contributed by atoms with Crippen molar-refractivity contribution in [2.75, 3.05) is 30.9 Å². The summed E-state index contributed by atoms with van der Waals surface area (Å²) in [5, 5.41) is 11.3. The molecular formula is C24H35N7O. The van der Waals surface area contributed by atoms with Crippen LogP contribution in [0, 0.1) is 5.41 Å². The number of fused-ring (bicyclic) bond motifs is 1. The minimum absolute atomic E-state index is 0.123. The summed E-state index contributed by atoms with van der Waals surface area (Å²) in [6.45, 7) is 5.51. The van der Waals surface area contributed by atoms with E-state index in [-0.39, 0.29) is 11.9 Å². The second-order valence-electron chi connectivity index (χ2n) is 10.7. The molecule has 0 radical (unpaired) electrons. The van der Waals surface area contributed by atoms with Crippen molar-refractivity contribution in [1.29, 1.82) is 0 Å². The highest BCUT2D eigenvalue weighted by atomic mass is 16.2. The molecule has 0 aromatic carbocycles. The third-order valence-electron chi connectivity index (χ3n) is 7.41. The summed E-state index contributed by atoms with van der Waals surface area (Å²) in [7, 11) is 3.63. The van der Waals surface area contributed by atoms with Crippen LogP contribution < -0.4 is 10.2 Å². The zero-order valence-electron chi connectivity index (χ0n) is 19.7. The van der Waals surface area contributed by atoms with Crippen molar-refractivity contribution < 1.29 is 4.79 Å². The van der Waals surface area contributed by atoms with Gasteiger partial charge in [0.05, 0.1) is 5.69 Å². The highest BCUT2D eigenvalue weighted by Crippen LogP contribution is 2.45. The number of H-pyrrole nitrogens is 1. The second kappa shape index (κ2) is 8.05. The second-order valence-corrected chi connectivity index (χ2v) is 10.7. The van der Waals surface area contributed by atoms with Crippen LogP contribution in [0.5, 0.6) is 0 Å². The molecule has 8 heteroatoms. The van der Waals surface area contributed by atoms with Gasteiger partial charge in [0.15, 0.2) is 5.82 Å². The van der Waals surface area contributed by atoms with E-state index in [2.05, 4.69) is 40.3 Å². The molecule has 1 aliphatic heterocycles. The first-order valence-corrected chi connectivity index (χ1v) is 12.0. The van der Waals surface area contributed by atoms with Crippen LogP contribution in [0.1, 0.15) is 75.2 Å². The van der Waals surface area contributed by atoms with Gasteiger partial charge in [-0.3, -0.25) is 9.89 Å². The van der Waals surface area contributed by atoms with Crippen molar-refractivity contribution in [2.45, 2.75) is 77.2 Å². The lowest BCUT2D eigenvalue weighted by atomic mass is 9.90. The Bertz CT molecular complexity index is 1010. The maximum atomic E-state index is 12.7. The third kappa shape index (κ3) is 3.95. The summed E-state index contributed by atoms with van der Waals surface area (Å²) in [6, 6.07) is 1.96. The van der Waals surface area contributed by atoms with E-state index in [1.54, 1.807) is 4.90 Å². The van der Waals surface area contributed by atoms with Crippen molar-refractivity contribution in [1.82, 2.24) is 25.1 Å². The lowest BCUT2D eigenvalue weighted by molar-refractivity contribution is -0.129. The molecular weight excluding hydrogens is 402 g/mol. The number of amides is 1. The largest absolute Gasteiger partial charge is 0.347 e. The number of anilines is 3. The van der Waals surface area contributed by atoms with Crippen LogP contribution in [-0.4, -0.2) is 57.7 Å². The molecule has 3 heterocycles. The first kappa shape index (κ1) is 21.2. The Kier molecular flexibility index (Phi) is 5.34. The Morgan fingerprint density at radius 3 is 2.81 bits per heavy atom. The molecule has 8 nitrogen and oxygen atoms in total. The number of likely N-dealkylation sites (N-methyl/N-ethyl adjacent to an activating group) is 1. The molecule has 2 atom stereocenters. The molecule has 0 unspecified atom stereocenters. The lowest BCUT2D eigenvalue weighted by Gasteiger charge is -2.27. The van der Waals surface area contributed by atoms with Crippen LogP contribution in [0.3, 0.4) is 0 Å². The van der Waals surface area contributed by atoms with Crippen molar-refractivity contribution in [2.24, 2.45) is 5.41 Å². The summed E-state index contributed by atoms with van der Waals surface area (Å²) < 4.78 is 0. The van der Waals surface area contributed by atoms with Gasteiger partial charge < -0.3 is 15.1 Å². The quantitative estimate of drug-likeness (QED) is 0.740. The topological polar surface area (TPSA) is 90.0 Å². The maximum Gasteiger partial charge on any atom is 0.244 e. The molecule has 1 amide bonds. The van der Waals surface area contributed by atoms with E-state index in [9.17, 15) is 4.79 Å². The van der Waals surface area contributed by atoms with Gasteiger partial charge >= 0.3 is 0 Å². The molecule has 3 aliphatic rings. The number of carbonyl (C=O) groups is 1. The number of nitrogens with zero attached hydrogens (tertiary/aromatic N) is 5. The number of hydrogen-bond donors (Lipinski definition) is 2. The van der Waals surface area contributed by atoms with Gasteiger partial charge in [-0.1, -0.05) is 13.8 Å².